The highest BCUT2D eigenvalue weighted by atomic mass is 14.8. The van der Waals surface area contributed by atoms with Crippen molar-refractivity contribution in [2.75, 3.05) is 0 Å². The van der Waals surface area contributed by atoms with E-state index in [9.17, 15) is 0 Å². The summed E-state index contributed by atoms with van der Waals surface area (Å²) in [5.41, 5.74) is 6.09. The average molecular weight is 325 g/mol. The van der Waals surface area contributed by atoms with Crippen molar-refractivity contribution < 1.29 is 0 Å². The van der Waals surface area contributed by atoms with Crippen LogP contribution < -0.4 is 0 Å². The van der Waals surface area contributed by atoms with Gasteiger partial charge in [-0.05, 0) is 42.7 Å². The Morgan fingerprint density at radius 2 is 1.88 bits per heavy atom. The zero-order valence-corrected chi connectivity index (χ0v) is 14.8. The third kappa shape index (κ3) is 3.95. The third-order valence-corrected chi connectivity index (χ3v) is 4.37. The molecule has 0 saturated carbocycles. The molecule has 124 valence electrons. The van der Waals surface area contributed by atoms with Crippen LogP contribution in [0.25, 0.3) is 11.8 Å². The molecule has 1 aliphatic carbocycles. The lowest BCUT2D eigenvalue weighted by Crippen LogP contribution is -1.95. The molecule has 1 aliphatic heterocycles. The summed E-state index contributed by atoms with van der Waals surface area (Å²) in [6.07, 6.45) is 22.7. The number of hydrogen-bond donors (Lipinski definition) is 0. The number of aliphatic imine (C=N–C) groups is 1. The summed E-state index contributed by atoms with van der Waals surface area (Å²) < 4.78 is 0. The number of benzene rings is 1. The lowest BCUT2D eigenvalue weighted by Gasteiger charge is -2.09. The van der Waals surface area contributed by atoms with Crippen LogP contribution in [0.4, 0.5) is 0 Å². The summed E-state index contributed by atoms with van der Waals surface area (Å²) >= 11 is 0. The first kappa shape index (κ1) is 16.9. The fraction of sp³-hybridized carbons (Fsp3) is 0.125. The van der Waals surface area contributed by atoms with Gasteiger partial charge in [0.25, 0.3) is 0 Å². The molecule has 1 nitrogen and oxygen atoms in total. The molecular weight excluding hydrogens is 302 g/mol. The minimum atomic E-state index is 0.0439. The lowest BCUT2D eigenvalue weighted by molar-refractivity contribution is 0.808. The van der Waals surface area contributed by atoms with Crippen LogP contribution in [0.2, 0.25) is 0 Å². The number of allylic oxidation sites excluding steroid dienone is 11. The number of nitrogens with zero attached hydrogens (tertiary/aromatic N) is 1. The predicted octanol–water partition coefficient (Wildman–Crippen LogP) is 6.32. The summed E-state index contributed by atoms with van der Waals surface area (Å²) in [4.78, 5) is 4.24. The molecule has 1 heterocycles. The molecule has 0 saturated heterocycles. The first-order valence-corrected chi connectivity index (χ1v) is 8.56. The zero-order chi connectivity index (χ0) is 17.7. The van der Waals surface area contributed by atoms with E-state index in [1.54, 1.807) is 6.08 Å². The molecule has 0 bridgehead atoms. The highest BCUT2D eigenvalue weighted by molar-refractivity contribution is 5.95. The summed E-state index contributed by atoms with van der Waals surface area (Å²) in [6, 6.07) is 8.55. The maximum absolute atomic E-state index is 4.24. The van der Waals surface area contributed by atoms with Crippen LogP contribution in [0.5, 0.6) is 0 Å². The molecule has 3 rings (SSSR count). The van der Waals surface area contributed by atoms with Gasteiger partial charge >= 0.3 is 0 Å². The maximum Gasteiger partial charge on any atom is 0.0717 e. The van der Waals surface area contributed by atoms with Gasteiger partial charge in [0.15, 0.2) is 0 Å². The summed E-state index contributed by atoms with van der Waals surface area (Å²) in [5, 5.41) is 0. The van der Waals surface area contributed by atoms with Crippen molar-refractivity contribution in [2.24, 2.45) is 10.4 Å². The van der Waals surface area contributed by atoms with Gasteiger partial charge in [0.2, 0.25) is 0 Å². The highest BCUT2D eigenvalue weighted by Crippen LogP contribution is 2.50. The minimum absolute atomic E-state index is 0.0439. The molecular formula is C24H23N. The van der Waals surface area contributed by atoms with Crippen LogP contribution in [0.15, 0.2) is 102 Å². The Labute approximate surface area is 150 Å². The lowest BCUT2D eigenvalue weighted by atomic mass is 9.96. The molecule has 1 heteroatoms. The van der Waals surface area contributed by atoms with E-state index in [1.807, 2.05) is 24.4 Å². The van der Waals surface area contributed by atoms with Gasteiger partial charge in [-0.25, -0.2) is 0 Å². The quantitative estimate of drug-likeness (QED) is 0.520. The van der Waals surface area contributed by atoms with Gasteiger partial charge in [0.05, 0.1) is 5.70 Å². The smallest absolute Gasteiger partial charge is 0.0717 e. The minimum Gasteiger partial charge on any atom is -0.256 e. The molecule has 25 heavy (non-hydrogen) atoms. The van der Waals surface area contributed by atoms with Crippen molar-refractivity contribution in [2.45, 2.75) is 13.8 Å². The van der Waals surface area contributed by atoms with Gasteiger partial charge in [0.1, 0.15) is 0 Å². The van der Waals surface area contributed by atoms with Gasteiger partial charge in [-0.2, -0.15) is 0 Å². The van der Waals surface area contributed by atoms with Crippen LogP contribution in [0.3, 0.4) is 0 Å². The second kappa shape index (κ2) is 7.31. The molecule has 0 fully saturated rings. The Morgan fingerprint density at radius 1 is 1.12 bits per heavy atom. The Kier molecular flexibility index (Phi) is 4.95. The molecule has 0 spiro atoms. The van der Waals surface area contributed by atoms with Crippen molar-refractivity contribution in [3.8, 4) is 0 Å². The van der Waals surface area contributed by atoms with Crippen molar-refractivity contribution >= 4 is 18.0 Å². The Balaban J connectivity index is 1.76. The first-order chi connectivity index (χ1) is 12.2. The molecule has 0 N–H and O–H groups in total. The first-order valence-electron chi connectivity index (χ1n) is 8.56. The van der Waals surface area contributed by atoms with Crippen LogP contribution in [-0.4, -0.2) is 6.21 Å². The fourth-order valence-electron chi connectivity index (χ4n) is 2.84. The topological polar surface area (TPSA) is 12.4 Å². The van der Waals surface area contributed by atoms with Crippen molar-refractivity contribution in [3.63, 3.8) is 0 Å². The average Bonchev–Trinajstić information content (AvgIpc) is 3.23. The van der Waals surface area contributed by atoms with E-state index in [-0.39, 0.29) is 5.41 Å². The summed E-state index contributed by atoms with van der Waals surface area (Å²) in [5.74, 6) is 0. The van der Waals surface area contributed by atoms with Crippen LogP contribution >= 0.6 is 0 Å². The van der Waals surface area contributed by atoms with Crippen molar-refractivity contribution in [3.05, 3.63) is 108 Å². The van der Waals surface area contributed by atoms with E-state index in [4.69, 9.17) is 0 Å². The van der Waals surface area contributed by atoms with Gasteiger partial charge in [0, 0.05) is 17.2 Å². The Bertz CT molecular complexity index is 867. The number of rotatable bonds is 7. The monoisotopic (exact) mass is 325 g/mol. The van der Waals surface area contributed by atoms with E-state index >= 15 is 0 Å². The maximum atomic E-state index is 4.24. The molecule has 1 atom stereocenters. The van der Waals surface area contributed by atoms with Crippen LogP contribution in [0, 0.1) is 5.41 Å². The SMILES string of the molecule is C=C/C=C\C=CC1(C)C=C1C(/C=C\C)=C/c1ccc(C2=CC=N2)cc1. The zero-order valence-electron chi connectivity index (χ0n) is 14.8. The van der Waals surface area contributed by atoms with Gasteiger partial charge in [-0.15, -0.1) is 0 Å². The molecule has 2 aliphatic rings. The van der Waals surface area contributed by atoms with Gasteiger partial charge in [-0.1, -0.05) is 79.5 Å². The normalized spacial score (nSPS) is 22.4. The molecule has 1 aromatic rings. The summed E-state index contributed by atoms with van der Waals surface area (Å²) in [7, 11) is 0. The molecule has 0 amide bonds. The molecule has 0 aromatic heterocycles. The molecule has 0 radical (unpaired) electrons. The summed E-state index contributed by atoms with van der Waals surface area (Å²) in [6.45, 7) is 7.98. The largest absolute Gasteiger partial charge is 0.256 e. The molecule has 1 unspecified atom stereocenters. The van der Waals surface area contributed by atoms with Crippen molar-refractivity contribution in [1.82, 2.24) is 0 Å². The van der Waals surface area contributed by atoms with Gasteiger partial charge < -0.3 is 0 Å². The van der Waals surface area contributed by atoms with Gasteiger partial charge in [-0.3, -0.25) is 4.99 Å². The highest BCUT2D eigenvalue weighted by Gasteiger charge is 2.37. The van der Waals surface area contributed by atoms with E-state index < -0.39 is 0 Å². The second-order valence-electron chi connectivity index (χ2n) is 6.37. The Morgan fingerprint density at radius 3 is 2.48 bits per heavy atom. The van der Waals surface area contributed by atoms with Crippen molar-refractivity contribution in [1.29, 1.82) is 0 Å². The third-order valence-electron chi connectivity index (χ3n) is 4.37. The van der Waals surface area contributed by atoms with E-state index in [0.717, 1.165) is 5.70 Å². The van der Waals surface area contributed by atoms with Crippen LogP contribution in [-0.2, 0) is 0 Å². The van der Waals surface area contributed by atoms with E-state index in [1.165, 1.54) is 22.3 Å². The van der Waals surface area contributed by atoms with E-state index in [0.29, 0.717) is 0 Å². The number of hydrogen-bond acceptors (Lipinski definition) is 1. The standard InChI is InChI=1S/C24H23N/c1-4-6-7-8-15-24(3)18-22(24)21(9-5-2)17-19-10-12-20(13-11-19)23-14-16-25-23/h4-18H,1H2,2-3H3/b7-6-,9-5-,15-8?,21-17+. The predicted molar refractivity (Wildman–Crippen MR) is 110 cm³/mol. The fourth-order valence-corrected chi connectivity index (χ4v) is 2.84. The Hall–Kier alpha value is -2.93. The second-order valence-corrected chi connectivity index (χ2v) is 6.37. The van der Waals surface area contributed by atoms with Crippen LogP contribution in [0.1, 0.15) is 25.0 Å². The molecule has 1 aromatic carbocycles. The van der Waals surface area contributed by atoms with E-state index in [2.05, 4.69) is 86.1 Å².